The van der Waals surface area contributed by atoms with Gasteiger partial charge in [-0.25, -0.2) is 4.39 Å². The Hall–Kier alpha value is -0.410. The van der Waals surface area contributed by atoms with Crippen LogP contribution in [0.3, 0.4) is 0 Å². The maximum absolute atomic E-state index is 15.2. The molecule has 1 spiro atoms. The van der Waals surface area contributed by atoms with E-state index < -0.39 is 6.17 Å². The molecule has 0 N–H and O–H groups in total. The highest BCUT2D eigenvalue weighted by Crippen LogP contribution is 2.65. The largest absolute Gasteiger partial charge is 0.347 e. The third kappa shape index (κ3) is 2.28. The summed E-state index contributed by atoms with van der Waals surface area (Å²) in [6.45, 7) is 8.38. The van der Waals surface area contributed by atoms with Gasteiger partial charge in [-0.3, -0.25) is 0 Å². The summed E-state index contributed by atoms with van der Waals surface area (Å²) in [5.74, 6) is 1.87. The van der Waals surface area contributed by atoms with Crippen LogP contribution in [0.5, 0.6) is 0 Å². The van der Waals surface area contributed by atoms with E-state index in [1.165, 1.54) is 19.3 Å². The molecule has 0 amide bonds. The molecule has 0 radical (unpaired) electrons. The second kappa shape index (κ2) is 5.80. The molecule has 7 atom stereocenters. The molecule has 26 heavy (non-hydrogen) atoms. The van der Waals surface area contributed by atoms with Gasteiger partial charge in [0.15, 0.2) is 5.79 Å². The van der Waals surface area contributed by atoms with Gasteiger partial charge < -0.3 is 9.47 Å². The first-order valence-corrected chi connectivity index (χ1v) is 11.0. The fourth-order valence-electron chi connectivity index (χ4n) is 7.82. The summed E-state index contributed by atoms with van der Waals surface area (Å²) >= 11 is 0. The zero-order chi connectivity index (χ0) is 18.2. The molecule has 146 valence electrons. The van der Waals surface area contributed by atoms with E-state index in [1.54, 1.807) is 5.57 Å². The summed E-state index contributed by atoms with van der Waals surface area (Å²) in [6.07, 6.45) is 10.8. The van der Waals surface area contributed by atoms with E-state index in [0.29, 0.717) is 11.8 Å². The van der Waals surface area contributed by atoms with E-state index in [-0.39, 0.29) is 22.5 Å². The van der Waals surface area contributed by atoms with Gasteiger partial charge in [-0.2, -0.15) is 0 Å². The summed E-state index contributed by atoms with van der Waals surface area (Å²) in [7, 11) is 0. The lowest BCUT2D eigenvalue weighted by Gasteiger charge is -2.61. The van der Waals surface area contributed by atoms with E-state index in [4.69, 9.17) is 9.47 Å². The summed E-state index contributed by atoms with van der Waals surface area (Å²) in [5.41, 5.74) is 1.77. The van der Waals surface area contributed by atoms with E-state index in [9.17, 15) is 0 Å². The number of hydrogen-bond donors (Lipinski definition) is 0. The van der Waals surface area contributed by atoms with Crippen LogP contribution in [0, 0.1) is 34.5 Å². The van der Waals surface area contributed by atoms with Crippen LogP contribution in [-0.4, -0.2) is 25.2 Å². The fourth-order valence-corrected chi connectivity index (χ4v) is 7.82. The lowest BCUT2D eigenvalue weighted by Crippen LogP contribution is -2.56. The maximum Gasteiger partial charge on any atom is 0.172 e. The zero-order valence-electron chi connectivity index (χ0n) is 16.7. The van der Waals surface area contributed by atoms with Crippen LogP contribution < -0.4 is 0 Å². The van der Waals surface area contributed by atoms with Crippen LogP contribution in [0.1, 0.15) is 72.1 Å². The molecule has 0 bridgehead atoms. The molecule has 0 aromatic heterocycles. The van der Waals surface area contributed by atoms with E-state index in [2.05, 4.69) is 26.8 Å². The Morgan fingerprint density at radius 3 is 2.54 bits per heavy atom. The van der Waals surface area contributed by atoms with Crippen LogP contribution in [-0.2, 0) is 9.47 Å². The van der Waals surface area contributed by atoms with Crippen molar-refractivity contribution >= 4 is 0 Å². The Kier molecular flexibility index (Phi) is 3.94. The number of alkyl halides is 1. The van der Waals surface area contributed by atoms with E-state index in [0.717, 1.165) is 51.2 Å². The Labute approximate surface area is 157 Å². The molecule has 3 unspecified atom stereocenters. The van der Waals surface area contributed by atoms with Gasteiger partial charge in [0.25, 0.3) is 0 Å². The third-order valence-electron chi connectivity index (χ3n) is 9.42. The summed E-state index contributed by atoms with van der Waals surface area (Å²) < 4.78 is 27.3. The number of hydrogen-bond acceptors (Lipinski definition) is 2. The molecule has 1 aliphatic heterocycles. The van der Waals surface area contributed by atoms with Crippen molar-refractivity contribution < 1.29 is 13.9 Å². The van der Waals surface area contributed by atoms with Crippen molar-refractivity contribution in [2.75, 3.05) is 13.2 Å². The number of halogens is 1. The highest BCUT2D eigenvalue weighted by molar-refractivity contribution is 5.26. The average molecular weight is 363 g/mol. The summed E-state index contributed by atoms with van der Waals surface area (Å²) in [6, 6.07) is 0. The monoisotopic (exact) mass is 362 g/mol. The molecular weight excluding hydrogens is 327 g/mol. The Morgan fingerprint density at radius 1 is 1.00 bits per heavy atom. The van der Waals surface area contributed by atoms with Crippen LogP contribution in [0.15, 0.2) is 11.6 Å². The van der Waals surface area contributed by atoms with E-state index in [1.807, 2.05) is 0 Å². The van der Waals surface area contributed by atoms with Gasteiger partial charge in [0.2, 0.25) is 0 Å². The predicted octanol–water partition coefficient (Wildman–Crippen LogP) is 5.67. The molecule has 3 saturated carbocycles. The van der Waals surface area contributed by atoms with Crippen molar-refractivity contribution in [2.45, 2.75) is 84.1 Å². The zero-order valence-corrected chi connectivity index (χ0v) is 16.7. The minimum atomic E-state index is -0.615. The molecule has 0 aromatic carbocycles. The van der Waals surface area contributed by atoms with E-state index >= 15 is 4.39 Å². The smallest absolute Gasteiger partial charge is 0.172 e. The number of ether oxygens (including phenoxy) is 2. The third-order valence-corrected chi connectivity index (χ3v) is 9.42. The SMILES string of the molecule is C[C@@H]1CCC2C3CC=C4CC5(CC[C@]4(C)C3CC[C@]2(C)[C@H]1F)OCCO5. The molecule has 4 aliphatic carbocycles. The van der Waals surface area contributed by atoms with Crippen LogP contribution in [0.4, 0.5) is 4.39 Å². The fraction of sp³-hybridized carbons (Fsp3) is 0.913. The lowest BCUT2D eigenvalue weighted by atomic mass is 9.44. The predicted molar refractivity (Wildman–Crippen MR) is 100 cm³/mol. The molecule has 3 heteroatoms. The maximum atomic E-state index is 15.2. The second-order valence-electron chi connectivity index (χ2n) is 10.5. The van der Waals surface area contributed by atoms with Crippen molar-refractivity contribution in [1.29, 1.82) is 0 Å². The van der Waals surface area contributed by atoms with Crippen molar-refractivity contribution in [3.63, 3.8) is 0 Å². The average Bonchev–Trinajstić information content (AvgIpc) is 3.08. The number of rotatable bonds is 0. The normalized spacial score (nSPS) is 52.8. The molecule has 4 fully saturated rings. The Morgan fingerprint density at radius 2 is 1.77 bits per heavy atom. The van der Waals surface area contributed by atoms with Gasteiger partial charge in [-0.05, 0) is 67.6 Å². The minimum Gasteiger partial charge on any atom is -0.347 e. The molecule has 2 nitrogen and oxygen atoms in total. The number of fused-ring (bicyclic) bond motifs is 5. The Bertz CT molecular complexity index is 609. The highest BCUT2D eigenvalue weighted by atomic mass is 19.1. The Balaban J connectivity index is 1.45. The van der Waals surface area contributed by atoms with Crippen molar-refractivity contribution in [1.82, 2.24) is 0 Å². The van der Waals surface area contributed by atoms with Crippen LogP contribution in [0.2, 0.25) is 0 Å². The first kappa shape index (κ1) is 17.7. The van der Waals surface area contributed by atoms with Gasteiger partial charge in [-0.1, -0.05) is 32.4 Å². The summed E-state index contributed by atoms with van der Waals surface area (Å²) in [4.78, 5) is 0. The second-order valence-corrected chi connectivity index (χ2v) is 10.5. The highest BCUT2D eigenvalue weighted by Gasteiger charge is 2.60. The molecule has 5 rings (SSSR count). The van der Waals surface area contributed by atoms with Crippen molar-refractivity contribution in [3.05, 3.63) is 11.6 Å². The molecule has 1 heterocycles. The van der Waals surface area contributed by atoms with Gasteiger partial charge in [-0.15, -0.1) is 0 Å². The minimum absolute atomic E-state index is 0.0892. The number of allylic oxidation sites excluding steroid dienone is 1. The van der Waals surface area contributed by atoms with Crippen LogP contribution >= 0.6 is 0 Å². The molecule has 0 aromatic rings. The van der Waals surface area contributed by atoms with Gasteiger partial charge in [0, 0.05) is 18.3 Å². The first-order chi connectivity index (χ1) is 12.4. The van der Waals surface area contributed by atoms with Crippen molar-refractivity contribution in [2.24, 2.45) is 34.5 Å². The van der Waals surface area contributed by atoms with Crippen LogP contribution in [0.25, 0.3) is 0 Å². The lowest BCUT2D eigenvalue weighted by molar-refractivity contribution is -0.188. The molecule has 1 saturated heterocycles. The van der Waals surface area contributed by atoms with Gasteiger partial charge in [0.1, 0.15) is 6.17 Å². The molecule has 5 aliphatic rings. The van der Waals surface area contributed by atoms with Gasteiger partial charge >= 0.3 is 0 Å². The molecular formula is C23H35FO2. The van der Waals surface area contributed by atoms with Crippen molar-refractivity contribution in [3.8, 4) is 0 Å². The standard InChI is InChI=1S/C23H35FO2/c1-15-4-7-18-17-6-5-16-14-23(25-12-13-26-23)11-10-21(16,2)19(17)8-9-22(18,3)20(15)24/h5,15,17-20H,4,6-14H2,1-3H3/t15-,17?,18?,19?,20+,21+,22+/m1/s1. The summed E-state index contributed by atoms with van der Waals surface area (Å²) in [5, 5.41) is 0. The topological polar surface area (TPSA) is 18.5 Å². The quantitative estimate of drug-likeness (QED) is 0.517. The van der Waals surface area contributed by atoms with Gasteiger partial charge in [0.05, 0.1) is 13.2 Å². The first-order valence-electron chi connectivity index (χ1n) is 11.0.